The van der Waals surface area contributed by atoms with E-state index in [0.717, 1.165) is 25.4 Å². The summed E-state index contributed by atoms with van der Waals surface area (Å²) in [6.45, 7) is 6.62. The SMILES string of the molecule is CCC1CCN(C(C#N)CC)CC1. The largest absolute Gasteiger partial charge is 0.288 e. The topological polar surface area (TPSA) is 27.0 Å². The summed E-state index contributed by atoms with van der Waals surface area (Å²) in [5.41, 5.74) is 0. The van der Waals surface area contributed by atoms with E-state index < -0.39 is 0 Å². The molecule has 1 atom stereocenters. The first-order valence-electron chi connectivity index (χ1n) is 5.45. The maximum absolute atomic E-state index is 8.91. The third-order valence-corrected chi connectivity index (χ3v) is 3.20. The van der Waals surface area contributed by atoms with E-state index in [4.69, 9.17) is 5.26 Å². The van der Waals surface area contributed by atoms with Gasteiger partial charge in [-0.25, -0.2) is 0 Å². The standard InChI is InChI=1S/C11H20N2/c1-3-10-5-7-13(8-6-10)11(4-2)9-12/h10-11H,3-8H2,1-2H3. The third-order valence-electron chi connectivity index (χ3n) is 3.20. The summed E-state index contributed by atoms with van der Waals surface area (Å²) in [5, 5.41) is 8.91. The first-order chi connectivity index (χ1) is 6.31. The normalized spacial score (nSPS) is 22.5. The zero-order valence-electron chi connectivity index (χ0n) is 8.79. The monoisotopic (exact) mass is 180 g/mol. The van der Waals surface area contributed by atoms with E-state index in [1.54, 1.807) is 0 Å². The molecule has 0 aromatic heterocycles. The van der Waals surface area contributed by atoms with Gasteiger partial charge in [0.1, 0.15) is 0 Å². The molecule has 1 unspecified atom stereocenters. The van der Waals surface area contributed by atoms with Gasteiger partial charge in [0.15, 0.2) is 0 Å². The number of hydrogen-bond acceptors (Lipinski definition) is 2. The molecule has 0 amide bonds. The van der Waals surface area contributed by atoms with Crippen LogP contribution >= 0.6 is 0 Å². The van der Waals surface area contributed by atoms with Gasteiger partial charge < -0.3 is 0 Å². The molecule has 1 aliphatic rings. The second-order valence-electron chi connectivity index (χ2n) is 3.94. The minimum atomic E-state index is 0.165. The van der Waals surface area contributed by atoms with Crippen molar-refractivity contribution in [3.63, 3.8) is 0 Å². The first-order valence-corrected chi connectivity index (χ1v) is 5.45. The molecule has 1 heterocycles. The van der Waals surface area contributed by atoms with Crippen LogP contribution in [0.2, 0.25) is 0 Å². The first kappa shape index (κ1) is 10.5. The van der Waals surface area contributed by atoms with Gasteiger partial charge in [0.05, 0.1) is 12.1 Å². The van der Waals surface area contributed by atoms with Gasteiger partial charge in [-0.15, -0.1) is 0 Å². The summed E-state index contributed by atoms with van der Waals surface area (Å²) in [7, 11) is 0. The van der Waals surface area contributed by atoms with Crippen molar-refractivity contribution in [2.24, 2.45) is 5.92 Å². The van der Waals surface area contributed by atoms with Gasteiger partial charge >= 0.3 is 0 Å². The molecule has 0 aromatic carbocycles. The Hall–Kier alpha value is -0.550. The number of likely N-dealkylation sites (tertiary alicyclic amines) is 1. The second kappa shape index (κ2) is 5.24. The van der Waals surface area contributed by atoms with Crippen LogP contribution in [0.5, 0.6) is 0 Å². The molecule has 0 aromatic rings. The summed E-state index contributed by atoms with van der Waals surface area (Å²) < 4.78 is 0. The Morgan fingerprint density at radius 1 is 1.38 bits per heavy atom. The molecule has 2 nitrogen and oxygen atoms in total. The lowest BCUT2D eigenvalue weighted by molar-refractivity contribution is 0.153. The van der Waals surface area contributed by atoms with E-state index in [2.05, 4.69) is 24.8 Å². The molecule has 0 saturated carbocycles. The maximum atomic E-state index is 8.91. The summed E-state index contributed by atoms with van der Waals surface area (Å²) in [6, 6.07) is 2.54. The molecular formula is C11H20N2. The number of rotatable bonds is 3. The van der Waals surface area contributed by atoms with E-state index in [9.17, 15) is 0 Å². The minimum Gasteiger partial charge on any atom is -0.288 e. The van der Waals surface area contributed by atoms with Crippen molar-refractivity contribution < 1.29 is 0 Å². The smallest absolute Gasteiger partial charge is 0.0975 e. The molecule has 1 fully saturated rings. The van der Waals surface area contributed by atoms with Crippen molar-refractivity contribution in [2.75, 3.05) is 13.1 Å². The van der Waals surface area contributed by atoms with Crippen molar-refractivity contribution in [1.82, 2.24) is 4.90 Å². The number of piperidine rings is 1. The molecule has 13 heavy (non-hydrogen) atoms. The van der Waals surface area contributed by atoms with E-state index in [1.165, 1.54) is 19.3 Å². The fourth-order valence-electron chi connectivity index (χ4n) is 2.10. The Balaban J connectivity index is 2.36. The van der Waals surface area contributed by atoms with Crippen LogP contribution in [-0.2, 0) is 0 Å². The lowest BCUT2D eigenvalue weighted by Crippen LogP contribution is -2.40. The molecular weight excluding hydrogens is 160 g/mol. The lowest BCUT2D eigenvalue weighted by Gasteiger charge is -2.33. The van der Waals surface area contributed by atoms with Crippen molar-refractivity contribution in [3.05, 3.63) is 0 Å². The quantitative estimate of drug-likeness (QED) is 0.667. The average molecular weight is 180 g/mol. The Labute approximate surface area is 81.5 Å². The highest BCUT2D eigenvalue weighted by Gasteiger charge is 2.22. The Morgan fingerprint density at radius 3 is 2.38 bits per heavy atom. The van der Waals surface area contributed by atoms with Crippen molar-refractivity contribution in [3.8, 4) is 6.07 Å². The Bertz CT molecular complexity index is 175. The molecule has 0 aliphatic carbocycles. The van der Waals surface area contributed by atoms with E-state index in [1.807, 2.05) is 0 Å². The molecule has 1 rings (SSSR count). The van der Waals surface area contributed by atoms with Crippen molar-refractivity contribution >= 4 is 0 Å². The van der Waals surface area contributed by atoms with Gasteiger partial charge in [-0.05, 0) is 38.3 Å². The van der Waals surface area contributed by atoms with Crippen molar-refractivity contribution in [1.29, 1.82) is 5.26 Å². The van der Waals surface area contributed by atoms with Crippen LogP contribution in [0.15, 0.2) is 0 Å². The fourth-order valence-corrected chi connectivity index (χ4v) is 2.10. The highest BCUT2D eigenvalue weighted by atomic mass is 15.2. The predicted octanol–water partition coefficient (Wildman–Crippen LogP) is 2.41. The maximum Gasteiger partial charge on any atom is 0.0975 e. The Kier molecular flexibility index (Phi) is 4.24. The van der Waals surface area contributed by atoms with Gasteiger partial charge in [-0.3, -0.25) is 4.90 Å². The fraction of sp³-hybridized carbons (Fsp3) is 0.909. The molecule has 0 spiro atoms. The summed E-state index contributed by atoms with van der Waals surface area (Å²) in [4.78, 5) is 2.34. The molecule has 0 bridgehead atoms. The minimum absolute atomic E-state index is 0.165. The summed E-state index contributed by atoms with van der Waals surface area (Å²) in [6.07, 6.45) is 4.84. The predicted molar refractivity (Wildman–Crippen MR) is 54.3 cm³/mol. The van der Waals surface area contributed by atoms with E-state index in [0.29, 0.717) is 0 Å². The summed E-state index contributed by atoms with van der Waals surface area (Å²) >= 11 is 0. The zero-order chi connectivity index (χ0) is 9.68. The molecule has 0 N–H and O–H groups in total. The van der Waals surface area contributed by atoms with Gasteiger partial charge in [0.2, 0.25) is 0 Å². The number of nitrogens with zero attached hydrogens (tertiary/aromatic N) is 2. The average Bonchev–Trinajstić information content (AvgIpc) is 2.21. The number of nitriles is 1. The molecule has 0 radical (unpaired) electrons. The van der Waals surface area contributed by atoms with Gasteiger partial charge in [-0.1, -0.05) is 20.3 Å². The van der Waals surface area contributed by atoms with Gasteiger partial charge in [0, 0.05) is 0 Å². The number of hydrogen-bond donors (Lipinski definition) is 0. The highest BCUT2D eigenvalue weighted by molar-refractivity contribution is 4.92. The van der Waals surface area contributed by atoms with Crippen LogP contribution in [0.4, 0.5) is 0 Å². The molecule has 1 aliphatic heterocycles. The van der Waals surface area contributed by atoms with Crippen LogP contribution < -0.4 is 0 Å². The van der Waals surface area contributed by atoms with Crippen LogP contribution in [0.25, 0.3) is 0 Å². The van der Waals surface area contributed by atoms with Crippen LogP contribution in [0.1, 0.15) is 39.5 Å². The highest BCUT2D eigenvalue weighted by Crippen LogP contribution is 2.21. The molecule has 74 valence electrons. The molecule has 2 heteroatoms. The van der Waals surface area contributed by atoms with Crippen LogP contribution in [0, 0.1) is 17.2 Å². The van der Waals surface area contributed by atoms with Gasteiger partial charge in [0.25, 0.3) is 0 Å². The third kappa shape index (κ3) is 2.70. The summed E-state index contributed by atoms with van der Waals surface area (Å²) in [5.74, 6) is 0.910. The van der Waals surface area contributed by atoms with Gasteiger partial charge in [-0.2, -0.15) is 5.26 Å². The van der Waals surface area contributed by atoms with Crippen LogP contribution in [-0.4, -0.2) is 24.0 Å². The van der Waals surface area contributed by atoms with Crippen LogP contribution in [0.3, 0.4) is 0 Å². The zero-order valence-corrected chi connectivity index (χ0v) is 8.79. The van der Waals surface area contributed by atoms with Crippen molar-refractivity contribution in [2.45, 2.75) is 45.6 Å². The van der Waals surface area contributed by atoms with E-state index >= 15 is 0 Å². The Morgan fingerprint density at radius 2 is 2.00 bits per heavy atom. The lowest BCUT2D eigenvalue weighted by atomic mass is 9.93. The second-order valence-corrected chi connectivity index (χ2v) is 3.94. The molecule has 1 saturated heterocycles. The van der Waals surface area contributed by atoms with E-state index in [-0.39, 0.29) is 6.04 Å².